The number of rotatable bonds is 4. The number of benzene rings is 1. The van der Waals surface area contributed by atoms with E-state index in [0.29, 0.717) is 5.75 Å². The second kappa shape index (κ2) is 5.79. The molecule has 0 aliphatic heterocycles. The largest absolute Gasteiger partial charge is 0.453 e. The Bertz CT molecular complexity index is 771. The molecule has 0 aliphatic carbocycles. The van der Waals surface area contributed by atoms with Crippen LogP contribution in [0.15, 0.2) is 48.8 Å². The van der Waals surface area contributed by atoms with Crippen molar-refractivity contribution >= 4 is 16.6 Å². The average Bonchev–Trinajstić information content (AvgIpc) is 2.49. The fraction of sp³-hybridized carbons (Fsp3) is 0.176. The lowest BCUT2D eigenvalue weighted by Gasteiger charge is -2.10. The molecule has 0 atom stereocenters. The maximum atomic E-state index is 5.97. The zero-order valence-corrected chi connectivity index (χ0v) is 12.1. The van der Waals surface area contributed by atoms with Crippen molar-refractivity contribution in [3.8, 4) is 11.5 Å². The van der Waals surface area contributed by atoms with Gasteiger partial charge in [-0.2, -0.15) is 0 Å². The van der Waals surface area contributed by atoms with Crippen molar-refractivity contribution in [2.45, 2.75) is 13.8 Å². The quantitative estimate of drug-likeness (QED) is 0.779. The standard InChI is InChI=1S/C17H17N3O/c1-3-19-14-9-15(11-18-10-14)21-16-6-4-5-13-8-7-12(2)20-17(13)16/h4-11,19H,3H2,1-2H3. The molecule has 4 nitrogen and oxygen atoms in total. The molecule has 0 unspecified atom stereocenters. The minimum Gasteiger partial charge on any atom is -0.453 e. The number of nitrogens with one attached hydrogen (secondary N) is 1. The lowest BCUT2D eigenvalue weighted by atomic mass is 10.2. The molecule has 3 aromatic rings. The summed E-state index contributed by atoms with van der Waals surface area (Å²) in [6.07, 6.45) is 3.48. The summed E-state index contributed by atoms with van der Waals surface area (Å²) >= 11 is 0. The summed E-state index contributed by atoms with van der Waals surface area (Å²) in [6, 6.07) is 11.9. The number of hydrogen-bond acceptors (Lipinski definition) is 4. The van der Waals surface area contributed by atoms with E-state index in [4.69, 9.17) is 4.74 Å². The van der Waals surface area contributed by atoms with Crippen LogP contribution in [0.1, 0.15) is 12.6 Å². The number of pyridine rings is 2. The predicted molar refractivity (Wildman–Crippen MR) is 85.0 cm³/mol. The molecule has 0 radical (unpaired) electrons. The molecule has 106 valence electrons. The van der Waals surface area contributed by atoms with Gasteiger partial charge in [-0.3, -0.25) is 4.98 Å². The number of ether oxygens (including phenoxy) is 1. The Hall–Kier alpha value is -2.62. The number of hydrogen-bond donors (Lipinski definition) is 1. The van der Waals surface area contributed by atoms with Crippen molar-refractivity contribution in [1.82, 2.24) is 9.97 Å². The SMILES string of the molecule is CCNc1cncc(Oc2cccc3ccc(C)nc23)c1. The van der Waals surface area contributed by atoms with Gasteiger partial charge in [0.05, 0.1) is 18.1 Å². The van der Waals surface area contributed by atoms with Crippen molar-refractivity contribution < 1.29 is 4.74 Å². The van der Waals surface area contributed by atoms with Gasteiger partial charge in [-0.15, -0.1) is 0 Å². The normalized spacial score (nSPS) is 10.6. The van der Waals surface area contributed by atoms with Crippen LogP contribution in [0, 0.1) is 6.92 Å². The van der Waals surface area contributed by atoms with Gasteiger partial charge in [0.2, 0.25) is 0 Å². The Kier molecular flexibility index (Phi) is 3.69. The van der Waals surface area contributed by atoms with Gasteiger partial charge in [-0.25, -0.2) is 4.98 Å². The highest BCUT2D eigenvalue weighted by atomic mass is 16.5. The van der Waals surface area contributed by atoms with E-state index >= 15 is 0 Å². The molecule has 2 aromatic heterocycles. The van der Waals surface area contributed by atoms with E-state index < -0.39 is 0 Å². The molecule has 0 bridgehead atoms. The van der Waals surface area contributed by atoms with Crippen LogP contribution in [0.3, 0.4) is 0 Å². The van der Waals surface area contributed by atoms with Crippen LogP contribution in [0.2, 0.25) is 0 Å². The number of aryl methyl sites for hydroxylation is 1. The highest BCUT2D eigenvalue weighted by Crippen LogP contribution is 2.29. The minimum absolute atomic E-state index is 0.698. The van der Waals surface area contributed by atoms with Crippen LogP contribution in [-0.4, -0.2) is 16.5 Å². The smallest absolute Gasteiger partial charge is 0.153 e. The minimum atomic E-state index is 0.698. The number of aromatic nitrogens is 2. The van der Waals surface area contributed by atoms with Gasteiger partial charge >= 0.3 is 0 Å². The lowest BCUT2D eigenvalue weighted by Crippen LogP contribution is -1.97. The van der Waals surface area contributed by atoms with Crippen LogP contribution in [0.5, 0.6) is 11.5 Å². The number of para-hydroxylation sites is 1. The van der Waals surface area contributed by atoms with E-state index in [9.17, 15) is 0 Å². The second-order valence-electron chi connectivity index (χ2n) is 4.82. The van der Waals surface area contributed by atoms with E-state index in [1.54, 1.807) is 12.4 Å². The summed E-state index contributed by atoms with van der Waals surface area (Å²) in [7, 11) is 0. The first kappa shape index (κ1) is 13.4. The van der Waals surface area contributed by atoms with Gasteiger partial charge in [-0.1, -0.05) is 18.2 Å². The third-order valence-corrected chi connectivity index (χ3v) is 3.14. The Morgan fingerprint density at radius 1 is 1.14 bits per heavy atom. The van der Waals surface area contributed by atoms with Crippen LogP contribution < -0.4 is 10.1 Å². The van der Waals surface area contributed by atoms with Crippen LogP contribution in [-0.2, 0) is 0 Å². The van der Waals surface area contributed by atoms with Gasteiger partial charge in [0.25, 0.3) is 0 Å². The molecule has 0 spiro atoms. The fourth-order valence-corrected chi connectivity index (χ4v) is 2.20. The molecule has 0 amide bonds. The average molecular weight is 279 g/mol. The van der Waals surface area contributed by atoms with Crippen LogP contribution in [0.25, 0.3) is 10.9 Å². The molecule has 1 N–H and O–H groups in total. The van der Waals surface area contributed by atoms with Gasteiger partial charge in [0.15, 0.2) is 5.75 Å². The number of fused-ring (bicyclic) bond motifs is 1. The summed E-state index contributed by atoms with van der Waals surface area (Å²) < 4.78 is 5.97. The third kappa shape index (κ3) is 2.94. The van der Waals surface area contributed by atoms with Gasteiger partial charge in [-0.05, 0) is 26.0 Å². The van der Waals surface area contributed by atoms with E-state index in [1.165, 1.54) is 0 Å². The molecule has 0 saturated heterocycles. The Morgan fingerprint density at radius 2 is 2.05 bits per heavy atom. The summed E-state index contributed by atoms with van der Waals surface area (Å²) in [5.74, 6) is 1.44. The molecule has 1 aromatic carbocycles. The molecular formula is C17H17N3O. The maximum Gasteiger partial charge on any atom is 0.153 e. The van der Waals surface area contributed by atoms with E-state index in [1.807, 2.05) is 44.2 Å². The monoisotopic (exact) mass is 279 g/mol. The Balaban J connectivity index is 1.98. The molecule has 4 heteroatoms. The molecule has 0 fully saturated rings. The van der Waals surface area contributed by atoms with E-state index in [2.05, 4.69) is 21.4 Å². The molecular weight excluding hydrogens is 262 g/mol. The Morgan fingerprint density at radius 3 is 2.90 bits per heavy atom. The fourth-order valence-electron chi connectivity index (χ4n) is 2.20. The molecule has 2 heterocycles. The van der Waals surface area contributed by atoms with Crippen molar-refractivity contribution in [2.75, 3.05) is 11.9 Å². The predicted octanol–water partition coefficient (Wildman–Crippen LogP) is 4.16. The van der Waals surface area contributed by atoms with Crippen molar-refractivity contribution in [1.29, 1.82) is 0 Å². The first-order valence-corrected chi connectivity index (χ1v) is 6.99. The zero-order chi connectivity index (χ0) is 14.7. The van der Waals surface area contributed by atoms with E-state index in [-0.39, 0.29) is 0 Å². The molecule has 0 saturated carbocycles. The lowest BCUT2D eigenvalue weighted by molar-refractivity contribution is 0.485. The van der Waals surface area contributed by atoms with E-state index in [0.717, 1.165) is 34.6 Å². The highest BCUT2D eigenvalue weighted by Gasteiger charge is 2.06. The molecule has 0 aliphatic rings. The van der Waals surface area contributed by atoms with Gasteiger partial charge in [0.1, 0.15) is 11.3 Å². The summed E-state index contributed by atoms with van der Waals surface area (Å²) in [5.41, 5.74) is 2.78. The zero-order valence-electron chi connectivity index (χ0n) is 12.1. The summed E-state index contributed by atoms with van der Waals surface area (Å²) in [6.45, 7) is 4.87. The van der Waals surface area contributed by atoms with Gasteiger partial charge < -0.3 is 10.1 Å². The highest BCUT2D eigenvalue weighted by molar-refractivity contribution is 5.84. The van der Waals surface area contributed by atoms with Crippen molar-refractivity contribution in [3.05, 3.63) is 54.5 Å². The second-order valence-corrected chi connectivity index (χ2v) is 4.82. The first-order chi connectivity index (χ1) is 10.3. The maximum absolute atomic E-state index is 5.97. The van der Waals surface area contributed by atoms with Crippen molar-refractivity contribution in [3.63, 3.8) is 0 Å². The topological polar surface area (TPSA) is 47.0 Å². The number of nitrogens with zero attached hydrogens (tertiary/aromatic N) is 2. The Labute approximate surface area is 123 Å². The van der Waals surface area contributed by atoms with Crippen molar-refractivity contribution in [2.24, 2.45) is 0 Å². The van der Waals surface area contributed by atoms with Gasteiger partial charge in [0, 0.05) is 23.7 Å². The molecule has 3 rings (SSSR count). The number of anilines is 1. The molecule has 21 heavy (non-hydrogen) atoms. The van der Waals surface area contributed by atoms with Crippen LogP contribution in [0.4, 0.5) is 5.69 Å². The first-order valence-electron chi connectivity index (χ1n) is 6.99. The van der Waals surface area contributed by atoms with Crippen LogP contribution >= 0.6 is 0 Å². The third-order valence-electron chi connectivity index (χ3n) is 3.14. The summed E-state index contributed by atoms with van der Waals surface area (Å²) in [4.78, 5) is 8.76. The summed E-state index contributed by atoms with van der Waals surface area (Å²) in [5, 5.41) is 4.29.